The Morgan fingerprint density at radius 2 is 2.07 bits per heavy atom. The molecule has 80 valence electrons. The third-order valence-electron chi connectivity index (χ3n) is 1.56. The van der Waals surface area contributed by atoms with Gasteiger partial charge in [0.2, 0.25) is 5.91 Å². The number of ether oxygens (including phenoxy) is 1. The molecule has 0 aliphatic rings. The number of benzene rings is 1. The van der Waals surface area contributed by atoms with Crippen molar-refractivity contribution in [2.24, 2.45) is 5.73 Å². The fourth-order valence-corrected chi connectivity index (χ4v) is 0.993. The molecule has 0 atom stereocenters. The van der Waals surface area contributed by atoms with Crippen LogP contribution in [0, 0.1) is 0 Å². The molecule has 0 aliphatic heterocycles. The summed E-state index contributed by atoms with van der Waals surface area (Å²) in [5.74, 6) is -0.646. The fraction of sp³-hybridized carbons (Fsp3) is 0.100. The standard InChI is InChI=1S/C10H9F2NO2/c11-10(12)15-8-4-2-1-3-7(8)5-6-9(13)14/h1-6,10H,(H2,13,14)/b6-5-. The Hall–Kier alpha value is -1.91. The first kappa shape index (κ1) is 11.2. The topological polar surface area (TPSA) is 52.3 Å². The first-order chi connectivity index (χ1) is 7.09. The maximum absolute atomic E-state index is 12.0. The molecule has 5 heteroatoms. The smallest absolute Gasteiger partial charge is 0.387 e. The second-order valence-corrected chi connectivity index (χ2v) is 2.65. The van der Waals surface area contributed by atoms with Gasteiger partial charge in [-0.2, -0.15) is 8.78 Å². The summed E-state index contributed by atoms with van der Waals surface area (Å²) in [5.41, 5.74) is 5.25. The van der Waals surface area contributed by atoms with Crippen LogP contribution in [0.5, 0.6) is 5.75 Å². The van der Waals surface area contributed by atoms with E-state index in [-0.39, 0.29) is 5.75 Å². The lowest BCUT2D eigenvalue weighted by atomic mass is 10.2. The van der Waals surface area contributed by atoms with Crippen molar-refractivity contribution in [2.75, 3.05) is 0 Å². The van der Waals surface area contributed by atoms with Crippen molar-refractivity contribution in [3.63, 3.8) is 0 Å². The maximum Gasteiger partial charge on any atom is 0.387 e. The van der Waals surface area contributed by atoms with Crippen LogP contribution in [-0.2, 0) is 4.79 Å². The van der Waals surface area contributed by atoms with Crippen LogP contribution < -0.4 is 10.5 Å². The number of carbonyl (C=O) groups is 1. The van der Waals surface area contributed by atoms with Gasteiger partial charge in [-0.25, -0.2) is 0 Å². The zero-order valence-electron chi connectivity index (χ0n) is 7.69. The number of nitrogens with two attached hydrogens (primary N) is 1. The number of amides is 1. The van der Waals surface area contributed by atoms with Gasteiger partial charge in [0.1, 0.15) is 5.75 Å². The number of carbonyl (C=O) groups excluding carboxylic acids is 1. The maximum atomic E-state index is 12.0. The highest BCUT2D eigenvalue weighted by atomic mass is 19.3. The lowest BCUT2D eigenvalue weighted by molar-refractivity contribution is -0.113. The Bertz CT molecular complexity index is 377. The number of para-hydroxylation sites is 1. The summed E-state index contributed by atoms with van der Waals surface area (Å²) < 4.78 is 28.2. The van der Waals surface area contributed by atoms with Crippen molar-refractivity contribution in [3.05, 3.63) is 35.9 Å². The van der Waals surface area contributed by atoms with Crippen LogP contribution in [0.25, 0.3) is 6.08 Å². The second kappa shape index (κ2) is 5.09. The van der Waals surface area contributed by atoms with Crippen LogP contribution in [-0.4, -0.2) is 12.5 Å². The van der Waals surface area contributed by atoms with E-state index in [4.69, 9.17) is 5.73 Å². The summed E-state index contributed by atoms with van der Waals surface area (Å²) >= 11 is 0. The zero-order valence-corrected chi connectivity index (χ0v) is 7.69. The summed E-state index contributed by atoms with van der Waals surface area (Å²) in [6.45, 7) is -2.90. The van der Waals surface area contributed by atoms with Gasteiger partial charge < -0.3 is 10.5 Å². The van der Waals surface area contributed by atoms with Gasteiger partial charge >= 0.3 is 6.61 Å². The van der Waals surface area contributed by atoms with Gasteiger partial charge in [-0.3, -0.25) is 4.79 Å². The highest BCUT2D eigenvalue weighted by molar-refractivity contribution is 5.90. The lowest BCUT2D eigenvalue weighted by Gasteiger charge is -2.06. The molecule has 0 heterocycles. The van der Waals surface area contributed by atoms with Gasteiger partial charge in [-0.15, -0.1) is 0 Å². The quantitative estimate of drug-likeness (QED) is 0.775. The Kier molecular flexibility index (Phi) is 3.79. The summed E-state index contributed by atoms with van der Waals surface area (Å²) in [6.07, 6.45) is 2.40. The van der Waals surface area contributed by atoms with Gasteiger partial charge in [-0.05, 0) is 12.1 Å². The molecule has 0 aromatic heterocycles. The molecule has 0 bridgehead atoms. The first-order valence-electron chi connectivity index (χ1n) is 4.11. The van der Waals surface area contributed by atoms with Crippen LogP contribution in [0.4, 0.5) is 8.78 Å². The van der Waals surface area contributed by atoms with Crippen LogP contribution in [0.2, 0.25) is 0 Å². The molecule has 0 saturated carbocycles. The van der Waals surface area contributed by atoms with Crippen molar-refractivity contribution in [2.45, 2.75) is 6.61 Å². The normalized spacial score (nSPS) is 10.9. The molecule has 0 aliphatic carbocycles. The molecular weight excluding hydrogens is 204 g/mol. The Labute approximate surface area is 85.1 Å². The fourth-order valence-electron chi connectivity index (χ4n) is 0.993. The highest BCUT2D eigenvalue weighted by Gasteiger charge is 2.06. The van der Waals surface area contributed by atoms with Crippen molar-refractivity contribution in [1.29, 1.82) is 0 Å². The monoisotopic (exact) mass is 213 g/mol. The molecule has 0 unspecified atom stereocenters. The van der Waals surface area contributed by atoms with E-state index in [0.29, 0.717) is 5.56 Å². The minimum Gasteiger partial charge on any atom is -0.434 e. The van der Waals surface area contributed by atoms with E-state index >= 15 is 0 Å². The molecule has 0 fully saturated rings. The molecular formula is C10H9F2NO2. The Morgan fingerprint density at radius 3 is 2.67 bits per heavy atom. The van der Waals surface area contributed by atoms with Gasteiger partial charge in [0.15, 0.2) is 0 Å². The van der Waals surface area contributed by atoms with E-state index in [1.165, 1.54) is 18.2 Å². The van der Waals surface area contributed by atoms with Crippen LogP contribution in [0.15, 0.2) is 30.3 Å². The summed E-state index contributed by atoms with van der Waals surface area (Å²) in [4.78, 5) is 10.5. The third-order valence-corrected chi connectivity index (χ3v) is 1.56. The van der Waals surface area contributed by atoms with Gasteiger partial charge in [0.25, 0.3) is 0 Å². The minimum absolute atomic E-state index is 0.00463. The molecule has 15 heavy (non-hydrogen) atoms. The van der Waals surface area contributed by atoms with Crippen molar-refractivity contribution in [1.82, 2.24) is 0 Å². The van der Waals surface area contributed by atoms with E-state index < -0.39 is 12.5 Å². The first-order valence-corrected chi connectivity index (χ1v) is 4.11. The van der Waals surface area contributed by atoms with Gasteiger partial charge in [0, 0.05) is 11.6 Å². The lowest BCUT2D eigenvalue weighted by Crippen LogP contribution is -2.06. The van der Waals surface area contributed by atoms with E-state index in [1.54, 1.807) is 12.1 Å². The van der Waals surface area contributed by atoms with Crippen LogP contribution in [0.1, 0.15) is 5.56 Å². The number of alkyl halides is 2. The molecule has 1 aromatic carbocycles. The molecule has 2 N–H and O–H groups in total. The zero-order chi connectivity index (χ0) is 11.3. The molecule has 1 rings (SSSR count). The van der Waals surface area contributed by atoms with Crippen molar-refractivity contribution < 1.29 is 18.3 Å². The number of rotatable bonds is 4. The summed E-state index contributed by atoms with van der Waals surface area (Å²) in [5, 5.41) is 0. The van der Waals surface area contributed by atoms with E-state index in [1.807, 2.05) is 0 Å². The minimum atomic E-state index is -2.90. The predicted molar refractivity (Wildman–Crippen MR) is 51.3 cm³/mol. The largest absolute Gasteiger partial charge is 0.434 e. The Balaban J connectivity index is 2.91. The summed E-state index contributed by atoms with van der Waals surface area (Å²) in [7, 11) is 0. The Morgan fingerprint density at radius 1 is 1.40 bits per heavy atom. The van der Waals surface area contributed by atoms with Gasteiger partial charge in [-0.1, -0.05) is 18.2 Å². The number of hydrogen-bond donors (Lipinski definition) is 1. The molecule has 1 aromatic rings. The SMILES string of the molecule is NC(=O)/C=C\c1ccccc1OC(F)F. The predicted octanol–water partition coefficient (Wildman–Crippen LogP) is 1.79. The van der Waals surface area contributed by atoms with Crippen LogP contribution in [0.3, 0.4) is 0 Å². The van der Waals surface area contributed by atoms with Gasteiger partial charge in [0.05, 0.1) is 0 Å². The summed E-state index contributed by atoms with van der Waals surface area (Å²) in [6, 6.07) is 6.11. The molecule has 1 amide bonds. The average molecular weight is 213 g/mol. The van der Waals surface area contributed by atoms with E-state index in [0.717, 1.165) is 6.08 Å². The van der Waals surface area contributed by atoms with Crippen LogP contribution >= 0.6 is 0 Å². The average Bonchev–Trinajstić information content (AvgIpc) is 2.15. The van der Waals surface area contributed by atoms with E-state index in [9.17, 15) is 13.6 Å². The number of primary amides is 1. The third kappa shape index (κ3) is 3.76. The van der Waals surface area contributed by atoms with Crippen molar-refractivity contribution >= 4 is 12.0 Å². The second-order valence-electron chi connectivity index (χ2n) is 2.65. The highest BCUT2D eigenvalue weighted by Crippen LogP contribution is 2.21. The van der Waals surface area contributed by atoms with E-state index in [2.05, 4.69) is 4.74 Å². The molecule has 0 radical (unpaired) electrons. The molecule has 3 nitrogen and oxygen atoms in total. The number of hydrogen-bond acceptors (Lipinski definition) is 2. The van der Waals surface area contributed by atoms with Crippen molar-refractivity contribution in [3.8, 4) is 5.75 Å². The molecule has 0 spiro atoms. The molecule has 0 saturated heterocycles. The number of halogens is 2.